The van der Waals surface area contributed by atoms with Crippen molar-refractivity contribution in [2.75, 3.05) is 6.61 Å². The second-order valence-electron chi connectivity index (χ2n) is 5.43. The third-order valence-electron chi connectivity index (χ3n) is 3.81. The fourth-order valence-corrected chi connectivity index (χ4v) is 2.85. The Morgan fingerprint density at radius 3 is 2.83 bits per heavy atom. The first-order chi connectivity index (χ1) is 11.0. The molecule has 2 unspecified atom stereocenters. The molecule has 23 heavy (non-hydrogen) atoms. The number of nitrogens with zero attached hydrogens (tertiary/aromatic N) is 2. The summed E-state index contributed by atoms with van der Waals surface area (Å²) in [7, 11) is 0. The van der Waals surface area contributed by atoms with Gasteiger partial charge in [0.1, 0.15) is 12.2 Å². The van der Waals surface area contributed by atoms with Crippen LogP contribution >= 0.6 is 11.3 Å². The first-order valence-corrected chi connectivity index (χ1v) is 8.45. The lowest BCUT2D eigenvalue weighted by Gasteiger charge is -2.22. The van der Waals surface area contributed by atoms with Gasteiger partial charge >= 0.3 is 0 Å². The van der Waals surface area contributed by atoms with Gasteiger partial charge in [-0.25, -0.2) is 4.68 Å². The monoisotopic (exact) mass is 335 g/mol. The summed E-state index contributed by atoms with van der Waals surface area (Å²) in [6.45, 7) is 3.67. The highest BCUT2D eigenvalue weighted by molar-refractivity contribution is 7.13. The number of aliphatic hydroxyl groups is 1. The molecular formula is C16H21N3O3S. The summed E-state index contributed by atoms with van der Waals surface area (Å²) in [5.41, 5.74) is 0.331. The van der Waals surface area contributed by atoms with Crippen LogP contribution in [-0.4, -0.2) is 33.4 Å². The van der Waals surface area contributed by atoms with Crippen LogP contribution in [0.25, 0.3) is 10.6 Å². The standard InChI is InChI=1S/C16H21N3O3S/c1-3-11(2)13(10-20)17-15(21)9-19-16(22)7-6-12(18-19)14-5-4-8-23-14/h4-8,11,13,20H,3,9-10H2,1-2H3,(H,17,21). The summed E-state index contributed by atoms with van der Waals surface area (Å²) in [4.78, 5) is 25.0. The van der Waals surface area contributed by atoms with E-state index in [-0.39, 0.29) is 36.6 Å². The number of amides is 1. The molecule has 2 heterocycles. The van der Waals surface area contributed by atoms with E-state index in [1.54, 1.807) is 6.07 Å². The first kappa shape index (κ1) is 17.4. The molecule has 2 aromatic rings. The maximum absolute atomic E-state index is 12.1. The van der Waals surface area contributed by atoms with E-state index in [1.807, 2.05) is 31.4 Å². The zero-order valence-corrected chi connectivity index (χ0v) is 14.0. The predicted molar refractivity (Wildman–Crippen MR) is 90.3 cm³/mol. The molecule has 2 N–H and O–H groups in total. The third-order valence-corrected chi connectivity index (χ3v) is 4.70. The first-order valence-electron chi connectivity index (χ1n) is 7.57. The van der Waals surface area contributed by atoms with Crippen molar-refractivity contribution in [1.29, 1.82) is 0 Å². The van der Waals surface area contributed by atoms with E-state index in [0.29, 0.717) is 5.69 Å². The van der Waals surface area contributed by atoms with E-state index in [2.05, 4.69) is 10.4 Å². The maximum atomic E-state index is 12.1. The van der Waals surface area contributed by atoms with Gasteiger partial charge in [-0.15, -0.1) is 11.3 Å². The lowest BCUT2D eigenvalue weighted by molar-refractivity contribution is -0.123. The number of carbonyl (C=O) groups excluding carboxylic acids is 1. The van der Waals surface area contributed by atoms with Gasteiger partial charge < -0.3 is 10.4 Å². The van der Waals surface area contributed by atoms with Gasteiger partial charge in [0.15, 0.2) is 0 Å². The minimum absolute atomic E-state index is 0.127. The van der Waals surface area contributed by atoms with E-state index in [1.165, 1.54) is 17.4 Å². The van der Waals surface area contributed by atoms with Gasteiger partial charge in [-0.1, -0.05) is 26.3 Å². The molecule has 0 radical (unpaired) electrons. The van der Waals surface area contributed by atoms with E-state index < -0.39 is 0 Å². The number of thiophene rings is 1. The highest BCUT2D eigenvalue weighted by Crippen LogP contribution is 2.21. The molecule has 0 bridgehead atoms. The highest BCUT2D eigenvalue weighted by Gasteiger charge is 2.18. The van der Waals surface area contributed by atoms with Gasteiger partial charge in [0.05, 0.1) is 17.5 Å². The predicted octanol–water partition coefficient (Wildman–Crippen LogP) is 1.49. The van der Waals surface area contributed by atoms with Gasteiger partial charge in [0.2, 0.25) is 5.91 Å². The Balaban J connectivity index is 2.11. The van der Waals surface area contributed by atoms with E-state index in [4.69, 9.17) is 0 Å². The van der Waals surface area contributed by atoms with Crippen molar-refractivity contribution in [2.45, 2.75) is 32.9 Å². The fourth-order valence-electron chi connectivity index (χ4n) is 2.16. The summed E-state index contributed by atoms with van der Waals surface area (Å²) in [5.74, 6) is -0.173. The molecule has 0 aliphatic heterocycles. The topological polar surface area (TPSA) is 84.2 Å². The molecule has 1 amide bonds. The number of nitrogens with one attached hydrogen (secondary N) is 1. The molecule has 0 saturated heterocycles. The van der Waals surface area contributed by atoms with Crippen LogP contribution in [0, 0.1) is 5.92 Å². The lowest BCUT2D eigenvalue weighted by Crippen LogP contribution is -2.44. The molecule has 6 nitrogen and oxygen atoms in total. The highest BCUT2D eigenvalue weighted by atomic mass is 32.1. The SMILES string of the molecule is CCC(C)C(CO)NC(=O)Cn1nc(-c2cccs2)ccc1=O. The average Bonchev–Trinajstić information content (AvgIpc) is 3.08. The van der Waals surface area contributed by atoms with Crippen LogP contribution in [0.5, 0.6) is 0 Å². The second-order valence-corrected chi connectivity index (χ2v) is 6.38. The number of aromatic nitrogens is 2. The minimum Gasteiger partial charge on any atom is -0.394 e. The van der Waals surface area contributed by atoms with E-state index >= 15 is 0 Å². The fraction of sp³-hybridized carbons (Fsp3) is 0.438. The minimum atomic E-state index is -0.331. The van der Waals surface area contributed by atoms with Crippen LogP contribution < -0.4 is 10.9 Å². The molecular weight excluding hydrogens is 314 g/mol. The Kier molecular flexibility index (Phi) is 6.06. The van der Waals surface area contributed by atoms with Gasteiger partial charge in [0, 0.05) is 6.07 Å². The van der Waals surface area contributed by atoms with Crippen molar-refractivity contribution in [1.82, 2.24) is 15.1 Å². The molecule has 0 aromatic carbocycles. The normalized spacial score (nSPS) is 13.5. The number of aliphatic hydroxyl groups excluding tert-OH is 1. The zero-order chi connectivity index (χ0) is 16.8. The van der Waals surface area contributed by atoms with Crippen LogP contribution in [0.3, 0.4) is 0 Å². The van der Waals surface area contributed by atoms with Gasteiger partial charge in [-0.05, 0) is 23.4 Å². The molecule has 2 rings (SSSR count). The van der Waals surface area contributed by atoms with Gasteiger partial charge in [0.25, 0.3) is 5.56 Å². The average molecular weight is 335 g/mol. The Morgan fingerprint density at radius 1 is 1.43 bits per heavy atom. The van der Waals surface area contributed by atoms with Crippen molar-refractivity contribution >= 4 is 17.2 Å². The summed E-state index contributed by atoms with van der Waals surface area (Å²) in [6, 6.07) is 6.56. The largest absolute Gasteiger partial charge is 0.394 e. The molecule has 0 aliphatic carbocycles. The second kappa shape index (κ2) is 8.03. The van der Waals surface area contributed by atoms with Crippen LogP contribution in [0.2, 0.25) is 0 Å². The third kappa shape index (κ3) is 4.49. The molecule has 2 aromatic heterocycles. The summed E-state index contributed by atoms with van der Waals surface area (Å²) in [5, 5.41) is 18.3. The van der Waals surface area contributed by atoms with Crippen LogP contribution in [0.4, 0.5) is 0 Å². The number of hydrogen-bond donors (Lipinski definition) is 2. The van der Waals surface area contributed by atoms with Crippen molar-refractivity contribution in [3.05, 3.63) is 40.0 Å². The zero-order valence-electron chi connectivity index (χ0n) is 13.2. The van der Waals surface area contributed by atoms with Crippen LogP contribution in [0.1, 0.15) is 20.3 Å². The molecule has 2 atom stereocenters. The van der Waals surface area contributed by atoms with Crippen molar-refractivity contribution in [3.8, 4) is 10.6 Å². The quantitative estimate of drug-likeness (QED) is 0.803. The Morgan fingerprint density at radius 2 is 2.22 bits per heavy atom. The molecule has 0 spiro atoms. The van der Waals surface area contributed by atoms with E-state index in [0.717, 1.165) is 16.0 Å². The van der Waals surface area contributed by atoms with Crippen molar-refractivity contribution in [3.63, 3.8) is 0 Å². The molecule has 124 valence electrons. The Bertz CT molecular complexity index is 697. The summed E-state index contributed by atoms with van der Waals surface area (Å²) >= 11 is 1.52. The summed E-state index contributed by atoms with van der Waals surface area (Å²) in [6.07, 6.45) is 0.845. The molecule has 7 heteroatoms. The molecule has 0 aliphatic rings. The smallest absolute Gasteiger partial charge is 0.267 e. The lowest BCUT2D eigenvalue weighted by atomic mass is 10.00. The maximum Gasteiger partial charge on any atom is 0.267 e. The number of hydrogen-bond acceptors (Lipinski definition) is 5. The number of rotatable bonds is 7. The molecule has 0 saturated carbocycles. The Hall–Kier alpha value is -1.99. The van der Waals surface area contributed by atoms with Gasteiger partial charge in [-0.3, -0.25) is 9.59 Å². The number of carbonyl (C=O) groups is 1. The van der Waals surface area contributed by atoms with Crippen molar-refractivity contribution in [2.24, 2.45) is 5.92 Å². The summed E-state index contributed by atoms with van der Waals surface area (Å²) < 4.78 is 1.15. The van der Waals surface area contributed by atoms with Crippen LogP contribution in [-0.2, 0) is 11.3 Å². The van der Waals surface area contributed by atoms with Crippen molar-refractivity contribution < 1.29 is 9.90 Å². The van der Waals surface area contributed by atoms with E-state index in [9.17, 15) is 14.7 Å². The van der Waals surface area contributed by atoms with Crippen LogP contribution in [0.15, 0.2) is 34.4 Å². The molecule has 0 fully saturated rings. The Labute approximate surface area is 138 Å². The van der Waals surface area contributed by atoms with Gasteiger partial charge in [-0.2, -0.15) is 5.10 Å².